The molecule has 0 aromatic heterocycles. The number of likely N-dealkylation sites (N-methyl/N-ethyl adjacent to an activating group) is 1. The van der Waals surface area contributed by atoms with Gasteiger partial charge in [-0.2, -0.15) is 0 Å². The van der Waals surface area contributed by atoms with Crippen molar-refractivity contribution in [2.45, 2.75) is 18.9 Å². The molecule has 1 aliphatic rings. The van der Waals surface area contributed by atoms with Crippen molar-refractivity contribution < 1.29 is 19.4 Å². The minimum Gasteiger partial charge on any atom is -0.493 e. The van der Waals surface area contributed by atoms with Gasteiger partial charge in [0.05, 0.1) is 19.7 Å². The third-order valence-corrected chi connectivity index (χ3v) is 3.94. The number of para-hydroxylation sites is 1. The molecule has 0 bridgehead atoms. The van der Waals surface area contributed by atoms with E-state index in [-0.39, 0.29) is 24.9 Å². The second-order valence-corrected chi connectivity index (χ2v) is 5.46. The minimum absolute atomic E-state index is 0.0599. The number of rotatable bonds is 6. The van der Waals surface area contributed by atoms with Gasteiger partial charge in [0.1, 0.15) is 11.4 Å². The Labute approximate surface area is 135 Å². The van der Waals surface area contributed by atoms with Crippen molar-refractivity contribution >= 4 is 11.8 Å². The Morgan fingerprint density at radius 2 is 2.22 bits per heavy atom. The van der Waals surface area contributed by atoms with Crippen LogP contribution in [0.3, 0.4) is 0 Å². The number of fused-ring (bicyclic) bond motifs is 1. The molecule has 6 heteroatoms. The first-order valence-corrected chi connectivity index (χ1v) is 7.63. The highest BCUT2D eigenvalue weighted by atomic mass is 16.5. The van der Waals surface area contributed by atoms with Crippen LogP contribution in [0.2, 0.25) is 0 Å². The van der Waals surface area contributed by atoms with E-state index in [2.05, 4.69) is 11.9 Å². The van der Waals surface area contributed by atoms with Crippen LogP contribution in [0.5, 0.6) is 5.75 Å². The number of ether oxygens (including phenoxy) is 1. The Balaban J connectivity index is 1.99. The van der Waals surface area contributed by atoms with Gasteiger partial charge in [0.15, 0.2) is 0 Å². The van der Waals surface area contributed by atoms with E-state index < -0.39 is 5.60 Å². The van der Waals surface area contributed by atoms with E-state index >= 15 is 0 Å². The van der Waals surface area contributed by atoms with Crippen LogP contribution in [0.1, 0.15) is 18.9 Å². The Morgan fingerprint density at radius 1 is 1.48 bits per heavy atom. The summed E-state index contributed by atoms with van der Waals surface area (Å²) < 4.78 is 5.52. The van der Waals surface area contributed by atoms with Gasteiger partial charge in [-0.25, -0.2) is 0 Å². The SMILES string of the molecule is C=CC(=O)N(CC)CC(=O)NCC1(O)CCOc2ccccc21. The van der Waals surface area contributed by atoms with Gasteiger partial charge in [-0.05, 0) is 19.1 Å². The summed E-state index contributed by atoms with van der Waals surface area (Å²) in [7, 11) is 0. The van der Waals surface area contributed by atoms with Crippen molar-refractivity contribution in [1.82, 2.24) is 10.2 Å². The van der Waals surface area contributed by atoms with Crippen molar-refractivity contribution in [3.8, 4) is 5.75 Å². The second kappa shape index (κ2) is 7.28. The van der Waals surface area contributed by atoms with Crippen LogP contribution in [0.25, 0.3) is 0 Å². The molecule has 0 radical (unpaired) electrons. The largest absolute Gasteiger partial charge is 0.493 e. The monoisotopic (exact) mass is 318 g/mol. The summed E-state index contributed by atoms with van der Waals surface area (Å²) in [4.78, 5) is 25.0. The molecule has 0 saturated heterocycles. The van der Waals surface area contributed by atoms with Crippen LogP contribution in [-0.4, -0.2) is 48.1 Å². The molecule has 23 heavy (non-hydrogen) atoms. The molecule has 0 spiro atoms. The van der Waals surface area contributed by atoms with Gasteiger partial charge in [0.25, 0.3) is 0 Å². The van der Waals surface area contributed by atoms with E-state index in [0.29, 0.717) is 30.9 Å². The van der Waals surface area contributed by atoms with Crippen molar-refractivity contribution in [3.05, 3.63) is 42.5 Å². The maximum Gasteiger partial charge on any atom is 0.246 e. The number of amides is 2. The zero-order valence-corrected chi connectivity index (χ0v) is 13.2. The number of carbonyl (C=O) groups is 2. The smallest absolute Gasteiger partial charge is 0.246 e. The van der Waals surface area contributed by atoms with Gasteiger partial charge >= 0.3 is 0 Å². The molecule has 2 amide bonds. The Hall–Kier alpha value is -2.34. The number of nitrogens with one attached hydrogen (secondary N) is 1. The molecule has 1 heterocycles. The Bertz CT molecular complexity index is 602. The molecule has 124 valence electrons. The van der Waals surface area contributed by atoms with E-state index in [4.69, 9.17) is 4.74 Å². The summed E-state index contributed by atoms with van der Waals surface area (Å²) in [5.74, 6) is 0.0183. The summed E-state index contributed by atoms with van der Waals surface area (Å²) >= 11 is 0. The summed E-state index contributed by atoms with van der Waals surface area (Å²) in [6.45, 7) is 6.02. The van der Waals surface area contributed by atoms with Gasteiger partial charge in [0, 0.05) is 18.5 Å². The molecule has 1 unspecified atom stereocenters. The number of nitrogens with zero attached hydrogens (tertiary/aromatic N) is 1. The molecule has 1 aromatic carbocycles. The molecular weight excluding hydrogens is 296 g/mol. The highest BCUT2D eigenvalue weighted by molar-refractivity contribution is 5.90. The third kappa shape index (κ3) is 3.90. The molecule has 1 atom stereocenters. The van der Waals surface area contributed by atoms with E-state index in [1.807, 2.05) is 12.1 Å². The average molecular weight is 318 g/mol. The Morgan fingerprint density at radius 3 is 2.91 bits per heavy atom. The van der Waals surface area contributed by atoms with E-state index in [0.717, 1.165) is 0 Å². The molecule has 6 nitrogen and oxygen atoms in total. The molecular formula is C17H22N2O4. The molecule has 0 aliphatic carbocycles. The number of hydrogen-bond acceptors (Lipinski definition) is 4. The molecule has 1 aliphatic heterocycles. The van der Waals surface area contributed by atoms with Crippen molar-refractivity contribution in [1.29, 1.82) is 0 Å². The summed E-state index contributed by atoms with van der Waals surface area (Å²) in [6.07, 6.45) is 1.58. The number of benzene rings is 1. The maximum absolute atomic E-state index is 12.0. The van der Waals surface area contributed by atoms with Gasteiger partial charge in [0.2, 0.25) is 11.8 Å². The first kappa shape index (κ1) is 17.0. The van der Waals surface area contributed by atoms with Gasteiger partial charge in [-0.3, -0.25) is 9.59 Å². The highest BCUT2D eigenvalue weighted by Gasteiger charge is 2.35. The second-order valence-electron chi connectivity index (χ2n) is 5.46. The molecule has 0 saturated carbocycles. The lowest BCUT2D eigenvalue weighted by Gasteiger charge is -2.34. The fourth-order valence-electron chi connectivity index (χ4n) is 2.57. The lowest BCUT2D eigenvalue weighted by molar-refractivity contribution is -0.132. The molecule has 2 rings (SSSR count). The van der Waals surface area contributed by atoms with Crippen LogP contribution < -0.4 is 10.1 Å². The van der Waals surface area contributed by atoms with Crippen LogP contribution in [0.15, 0.2) is 36.9 Å². The van der Waals surface area contributed by atoms with Gasteiger partial charge < -0.3 is 20.1 Å². The molecule has 0 fully saturated rings. The first-order chi connectivity index (χ1) is 11.0. The maximum atomic E-state index is 12.0. The van der Waals surface area contributed by atoms with Gasteiger partial charge in [-0.15, -0.1) is 0 Å². The van der Waals surface area contributed by atoms with Gasteiger partial charge in [-0.1, -0.05) is 24.8 Å². The third-order valence-electron chi connectivity index (χ3n) is 3.94. The van der Waals surface area contributed by atoms with Crippen molar-refractivity contribution in [2.24, 2.45) is 0 Å². The minimum atomic E-state index is -1.16. The van der Waals surface area contributed by atoms with Crippen LogP contribution >= 0.6 is 0 Å². The van der Waals surface area contributed by atoms with E-state index in [9.17, 15) is 14.7 Å². The number of hydrogen-bond donors (Lipinski definition) is 2. The van der Waals surface area contributed by atoms with Crippen LogP contribution in [-0.2, 0) is 15.2 Å². The first-order valence-electron chi connectivity index (χ1n) is 7.63. The Kier molecular flexibility index (Phi) is 5.39. The summed E-state index contributed by atoms with van der Waals surface area (Å²) in [5.41, 5.74) is -0.495. The van der Waals surface area contributed by atoms with E-state index in [1.165, 1.54) is 11.0 Å². The fraction of sp³-hybridized carbons (Fsp3) is 0.412. The zero-order chi connectivity index (χ0) is 16.9. The topological polar surface area (TPSA) is 78.9 Å². The predicted octanol–water partition coefficient (Wildman–Crippen LogP) is 0.807. The quantitative estimate of drug-likeness (QED) is 0.761. The highest BCUT2D eigenvalue weighted by Crippen LogP contribution is 2.36. The standard InChI is InChI=1S/C17H22N2O4/c1-3-16(21)19(4-2)11-15(20)18-12-17(22)9-10-23-14-8-6-5-7-13(14)17/h3,5-8,22H,1,4,9-12H2,2H3,(H,18,20). The van der Waals surface area contributed by atoms with E-state index in [1.54, 1.807) is 19.1 Å². The lowest BCUT2D eigenvalue weighted by Crippen LogP contribution is -2.47. The molecule has 1 aromatic rings. The number of carbonyl (C=O) groups excluding carboxylic acids is 2. The van der Waals surface area contributed by atoms with Crippen LogP contribution in [0.4, 0.5) is 0 Å². The molecule has 2 N–H and O–H groups in total. The van der Waals surface area contributed by atoms with Crippen molar-refractivity contribution in [2.75, 3.05) is 26.2 Å². The average Bonchev–Trinajstić information content (AvgIpc) is 2.58. The lowest BCUT2D eigenvalue weighted by atomic mass is 9.88. The summed E-state index contributed by atoms with van der Waals surface area (Å²) in [6, 6.07) is 7.24. The number of aliphatic hydroxyl groups is 1. The normalized spacial score (nSPS) is 19.2. The zero-order valence-electron chi connectivity index (χ0n) is 13.2. The van der Waals surface area contributed by atoms with Crippen LogP contribution in [0, 0.1) is 0 Å². The van der Waals surface area contributed by atoms with Crippen molar-refractivity contribution in [3.63, 3.8) is 0 Å². The fourth-order valence-corrected chi connectivity index (χ4v) is 2.57. The predicted molar refractivity (Wildman–Crippen MR) is 85.9 cm³/mol. The summed E-state index contributed by atoms with van der Waals surface area (Å²) in [5, 5.41) is 13.5.